The van der Waals surface area contributed by atoms with Crippen LogP contribution in [0.1, 0.15) is 11.1 Å². The second-order valence-electron chi connectivity index (χ2n) is 3.56. The van der Waals surface area contributed by atoms with Crippen LogP contribution in [0.5, 0.6) is 0 Å². The Balaban J connectivity index is 2.25. The van der Waals surface area contributed by atoms with E-state index in [1.165, 1.54) is 29.7 Å². The molecule has 2 aromatic rings. The van der Waals surface area contributed by atoms with Crippen molar-refractivity contribution in [2.24, 2.45) is 5.10 Å². The highest BCUT2D eigenvalue weighted by Crippen LogP contribution is 2.22. The Kier molecular flexibility index (Phi) is 3.88. The highest BCUT2D eigenvalue weighted by atomic mass is 32.1. The van der Waals surface area contributed by atoms with Gasteiger partial charge in [0.1, 0.15) is 17.5 Å². The number of nitro benzene ring substituents is 1. The first-order chi connectivity index (χ1) is 9.61. The lowest BCUT2D eigenvalue weighted by atomic mass is 10.1. The number of para-hydroxylation sites is 1. The number of benzene rings is 1. The zero-order chi connectivity index (χ0) is 14.5. The van der Waals surface area contributed by atoms with Gasteiger partial charge in [0.25, 0.3) is 5.69 Å². The van der Waals surface area contributed by atoms with Gasteiger partial charge in [0.05, 0.1) is 16.7 Å². The first-order valence-electron chi connectivity index (χ1n) is 5.29. The number of thiazole rings is 1. The number of aromatic nitrogens is 1. The highest BCUT2D eigenvalue weighted by Gasteiger charge is 2.17. The van der Waals surface area contributed by atoms with Gasteiger partial charge in [0.2, 0.25) is 5.13 Å². The maximum absolute atomic E-state index is 11.0. The van der Waals surface area contributed by atoms with Crippen molar-refractivity contribution in [1.29, 1.82) is 5.26 Å². The normalized spacial score (nSPS) is 10.3. The van der Waals surface area contributed by atoms with E-state index < -0.39 is 4.92 Å². The van der Waals surface area contributed by atoms with E-state index in [1.807, 2.05) is 0 Å². The van der Waals surface area contributed by atoms with Crippen LogP contribution in [0.25, 0.3) is 0 Å². The molecule has 1 aromatic carbocycles. The van der Waals surface area contributed by atoms with E-state index in [4.69, 9.17) is 11.0 Å². The van der Waals surface area contributed by atoms with Crippen LogP contribution in [0.3, 0.4) is 0 Å². The van der Waals surface area contributed by atoms with Gasteiger partial charge >= 0.3 is 0 Å². The molecule has 0 saturated carbocycles. The monoisotopic (exact) mass is 288 g/mol. The summed E-state index contributed by atoms with van der Waals surface area (Å²) in [5, 5.41) is 25.8. The van der Waals surface area contributed by atoms with Gasteiger partial charge in [-0.1, -0.05) is 6.07 Å². The lowest BCUT2D eigenvalue weighted by Gasteiger charge is -1.99. The minimum absolute atomic E-state index is 0.0163. The molecule has 0 aliphatic rings. The number of nitrogen functional groups attached to an aromatic ring is 1. The Hall–Kier alpha value is -2.99. The van der Waals surface area contributed by atoms with Crippen LogP contribution in [0.2, 0.25) is 0 Å². The zero-order valence-electron chi connectivity index (χ0n) is 9.98. The summed E-state index contributed by atoms with van der Waals surface area (Å²) < 4.78 is 0. The highest BCUT2D eigenvalue weighted by molar-refractivity contribution is 7.14. The lowest BCUT2D eigenvalue weighted by Crippen LogP contribution is -1.99. The third-order valence-electron chi connectivity index (χ3n) is 2.26. The summed E-state index contributed by atoms with van der Waals surface area (Å²) in [5.74, 6) is 0.366. The maximum atomic E-state index is 11.0. The Morgan fingerprint density at radius 3 is 3.00 bits per heavy atom. The molecule has 1 heterocycles. The van der Waals surface area contributed by atoms with E-state index >= 15 is 0 Å². The van der Waals surface area contributed by atoms with Gasteiger partial charge in [0.15, 0.2) is 0 Å². The molecule has 0 amide bonds. The molecule has 0 saturated heterocycles. The number of nitrogens with two attached hydrogens (primary N) is 1. The fourth-order valence-electron chi connectivity index (χ4n) is 1.45. The van der Waals surface area contributed by atoms with Crippen molar-refractivity contribution < 1.29 is 4.92 Å². The molecule has 2 rings (SSSR count). The Morgan fingerprint density at radius 2 is 2.40 bits per heavy atom. The molecule has 0 radical (unpaired) electrons. The summed E-state index contributed by atoms with van der Waals surface area (Å²) >= 11 is 1.26. The van der Waals surface area contributed by atoms with Gasteiger partial charge < -0.3 is 5.73 Å². The fraction of sp³-hybridized carbons (Fsp3) is 0. The maximum Gasteiger partial charge on any atom is 0.295 e. The van der Waals surface area contributed by atoms with Crippen molar-refractivity contribution in [2.45, 2.75) is 0 Å². The van der Waals surface area contributed by atoms with Gasteiger partial charge in [-0.05, 0) is 12.1 Å². The average molecular weight is 288 g/mol. The van der Waals surface area contributed by atoms with Crippen LogP contribution in [0.15, 0.2) is 28.7 Å². The van der Waals surface area contributed by atoms with Crippen molar-refractivity contribution in [2.75, 3.05) is 11.2 Å². The van der Waals surface area contributed by atoms with Crippen molar-refractivity contribution in [3.05, 3.63) is 44.8 Å². The third-order valence-corrected chi connectivity index (χ3v) is 3.02. The molecule has 0 atom stereocenters. The third kappa shape index (κ3) is 2.88. The molecule has 20 heavy (non-hydrogen) atoms. The summed E-state index contributed by atoms with van der Waals surface area (Å²) in [7, 11) is 0. The van der Waals surface area contributed by atoms with Crippen LogP contribution in [0.4, 0.5) is 16.6 Å². The topological polar surface area (TPSA) is 130 Å². The number of nitrogens with one attached hydrogen (secondary N) is 1. The predicted molar refractivity (Wildman–Crippen MR) is 75.6 cm³/mol. The van der Waals surface area contributed by atoms with Crippen molar-refractivity contribution in [3.8, 4) is 6.07 Å². The minimum atomic E-state index is -0.610. The quantitative estimate of drug-likeness (QED) is 0.502. The molecular weight excluding hydrogens is 280 g/mol. The number of rotatable bonds is 4. The molecular formula is C11H8N6O2S. The Labute approximate surface area is 117 Å². The second kappa shape index (κ2) is 5.77. The number of nitriles is 1. The van der Waals surface area contributed by atoms with E-state index in [9.17, 15) is 10.1 Å². The molecule has 100 valence electrons. The van der Waals surface area contributed by atoms with E-state index in [0.29, 0.717) is 10.9 Å². The van der Waals surface area contributed by atoms with E-state index in [1.54, 1.807) is 17.5 Å². The second-order valence-corrected chi connectivity index (χ2v) is 4.42. The van der Waals surface area contributed by atoms with Gasteiger partial charge in [-0.2, -0.15) is 10.4 Å². The molecule has 0 aliphatic heterocycles. The SMILES string of the molecule is N#Cc1cccc(C=NNc2nc(N)cs2)c1[N+](=O)[O-]. The van der Waals surface area contributed by atoms with Crippen LogP contribution >= 0.6 is 11.3 Å². The Bertz CT molecular complexity index is 718. The van der Waals surface area contributed by atoms with Crippen LogP contribution < -0.4 is 11.2 Å². The van der Waals surface area contributed by atoms with Crippen LogP contribution in [-0.4, -0.2) is 16.1 Å². The minimum Gasteiger partial charge on any atom is -0.383 e. The molecule has 0 bridgehead atoms. The zero-order valence-corrected chi connectivity index (χ0v) is 10.8. The van der Waals surface area contributed by atoms with Crippen molar-refractivity contribution >= 4 is 34.2 Å². The predicted octanol–water partition coefficient (Wildman–Crippen LogP) is 1.95. The molecule has 0 fully saturated rings. The molecule has 1 aromatic heterocycles. The number of nitro groups is 1. The molecule has 0 unspecified atom stereocenters. The number of hydrazone groups is 1. The Morgan fingerprint density at radius 1 is 1.60 bits per heavy atom. The van der Waals surface area contributed by atoms with E-state index in [-0.39, 0.29) is 16.8 Å². The summed E-state index contributed by atoms with van der Waals surface area (Å²) in [6, 6.07) is 6.21. The number of hydrogen-bond donors (Lipinski definition) is 2. The van der Waals surface area contributed by atoms with Crippen LogP contribution in [0, 0.1) is 21.4 Å². The van der Waals surface area contributed by atoms with Gasteiger partial charge in [-0.15, -0.1) is 11.3 Å². The molecule has 3 N–H and O–H groups in total. The summed E-state index contributed by atoms with van der Waals surface area (Å²) in [6.45, 7) is 0. The van der Waals surface area contributed by atoms with E-state index in [2.05, 4.69) is 15.5 Å². The standard InChI is InChI=1S/C11H8N6O2S/c12-4-7-2-1-3-8(10(7)17(18)19)5-14-16-11-15-9(13)6-20-11/h1-3,5-6H,13H2,(H,15,16). The first kappa shape index (κ1) is 13.4. The van der Waals surface area contributed by atoms with Gasteiger partial charge in [-0.3, -0.25) is 15.5 Å². The number of hydrogen-bond acceptors (Lipinski definition) is 8. The van der Waals surface area contributed by atoms with E-state index in [0.717, 1.165) is 0 Å². The molecule has 8 nitrogen and oxygen atoms in total. The molecule has 9 heteroatoms. The van der Waals surface area contributed by atoms with Crippen molar-refractivity contribution in [1.82, 2.24) is 4.98 Å². The van der Waals surface area contributed by atoms with Gasteiger partial charge in [0, 0.05) is 5.38 Å². The van der Waals surface area contributed by atoms with Gasteiger partial charge in [-0.25, -0.2) is 4.98 Å². The summed E-state index contributed by atoms with van der Waals surface area (Å²) in [4.78, 5) is 14.3. The smallest absolute Gasteiger partial charge is 0.295 e. The fourth-order valence-corrected chi connectivity index (χ4v) is 2.00. The summed E-state index contributed by atoms with van der Waals surface area (Å²) in [6.07, 6.45) is 1.26. The summed E-state index contributed by atoms with van der Waals surface area (Å²) in [5.41, 5.74) is 7.99. The molecule has 0 aliphatic carbocycles. The number of anilines is 2. The van der Waals surface area contributed by atoms with Crippen molar-refractivity contribution in [3.63, 3.8) is 0 Å². The first-order valence-corrected chi connectivity index (χ1v) is 6.17. The lowest BCUT2D eigenvalue weighted by molar-refractivity contribution is -0.385. The average Bonchev–Trinajstić information content (AvgIpc) is 2.83. The number of nitrogens with zero attached hydrogens (tertiary/aromatic N) is 4. The largest absolute Gasteiger partial charge is 0.383 e. The molecule has 0 spiro atoms. The van der Waals surface area contributed by atoms with Crippen LogP contribution in [-0.2, 0) is 0 Å².